The first kappa shape index (κ1) is 16.7. The van der Waals surface area contributed by atoms with Gasteiger partial charge in [0.05, 0.1) is 12.2 Å². The van der Waals surface area contributed by atoms with E-state index in [2.05, 4.69) is 17.0 Å². The molecular weight excluding hydrogens is 322 g/mol. The van der Waals surface area contributed by atoms with Crippen LogP contribution < -0.4 is 4.90 Å². The Morgan fingerprint density at radius 2 is 1.88 bits per heavy atom. The summed E-state index contributed by atoms with van der Waals surface area (Å²) < 4.78 is 16.8. The van der Waals surface area contributed by atoms with Crippen LogP contribution in [0.15, 0.2) is 59.5 Å². The number of carbonyl (C=O) groups excluding carboxylic acids is 1. The molecule has 0 aliphatic carbocycles. The van der Waals surface area contributed by atoms with Gasteiger partial charge in [-0.05, 0) is 42.8 Å². The zero-order valence-corrected chi connectivity index (χ0v) is 14.5. The van der Waals surface area contributed by atoms with Gasteiger partial charge in [-0.15, -0.1) is 0 Å². The monoisotopic (exact) mass is 343 g/mol. The number of rotatable bonds is 5. The molecule has 3 rings (SSSR count). The number of benzene rings is 2. The normalized spacial score (nSPS) is 18.4. The topological polar surface area (TPSA) is 46.6 Å². The van der Waals surface area contributed by atoms with Gasteiger partial charge in [0.1, 0.15) is 0 Å². The summed E-state index contributed by atoms with van der Waals surface area (Å²) in [7, 11) is -1.04. The van der Waals surface area contributed by atoms with Crippen molar-refractivity contribution in [1.82, 2.24) is 0 Å². The van der Waals surface area contributed by atoms with Crippen molar-refractivity contribution in [2.24, 2.45) is 5.92 Å². The van der Waals surface area contributed by atoms with Gasteiger partial charge in [0.15, 0.2) is 0 Å². The second-order valence-electron chi connectivity index (χ2n) is 6.01. The highest BCUT2D eigenvalue weighted by Gasteiger charge is 2.24. The summed E-state index contributed by atoms with van der Waals surface area (Å²) in [5, 5.41) is 0. The maximum atomic E-state index is 12.1. The number of nitrogens with zero attached hydrogens (tertiary/aromatic N) is 1. The molecule has 0 radical (unpaired) electrons. The average Bonchev–Trinajstić information content (AvgIpc) is 3.09. The van der Waals surface area contributed by atoms with E-state index in [0.717, 1.165) is 19.5 Å². The summed E-state index contributed by atoms with van der Waals surface area (Å²) in [6, 6.07) is 17.1. The van der Waals surface area contributed by atoms with Gasteiger partial charge in [0.25, 0.3) is 0 Å². The summed E-state index contributed by atoms with van der Waals surface area (Å²) in [5.41, 5.74) is 1.72. The fourth-order valence-corrected chi connectivity index (χ4v) is 3.42. The number of hydrogen-bond donors (Lipinski definition) is 0. The van der Waals surface area contributed by atoms with E-state index < -0.39 is 10.8 Å². The van der Waals surface area contributed by atoms with Crippen LogP contribution in [0.3, 0.4) is 0 Å². The van der Waals surface area contributed by atoms with Crippen molar-refractivity contribution in [3.8, 4) is 0 Å². The molecule has 0 aromatic heterocycles. The lowest BCUT2D eigenvalue weighted by Gasteiger charge is -2.18. The molecule has 24 heavy (non-hydrogen) atoms. The van der Waals surface area contributed by atoms with Crippen LogP contribution in [-0.4, -0.2) is 36.1 Å². The molecule has 2 atom stereocenters. The minimum absolute atomic E-state index is 0.318. The highest BCUT2D eigenvalue weighted by atomic mass is 32.2. The summed E-state index contributed by atoms with van der Waals surface area (Å²) in [5.74, 6) is 0.0400. The zero-order chi connectivity index (χ0) is 16.9. The van der Waals surface area contributed by atoms with Crippen molar-refractivity contribution in [2.75, 3.05) is 30.9 Å². The molecule has 5 heteroatoms. The Kier molecular flexibility index (Phi) is 5.30. The molecule has 1 aliphatic rings. The van der Waals surface area contributed by atoms with Gasteiger partial charge in [0, 0.05) is 46.6 Å². The lowest BCUT2D eigenvalue weighted by molar-refractivity contribution is 0.0451. The molecule has 2 aromatic rings. The van der Waals surface area contributed by atoms with E-state index in [1.807, 2.05) is 18.2 Å². The maximum Gasteiger partial charge on any atom is 0.338 e. The maximum absolute atomic E-state index is 12.1. The van der Waals surface area contributed by atoms with Gasteiger partial charge < -0.3 is 9.64 Å². The molecule has 1 heterocycles. The Labute approximate surface area is 144 Å². The van der Waals surface area contributed by atoms with Crippen LogP contribution in [0.25, 0.3) is 0 Å². The molecule has 126 valence electrons. The van der Waals surface area contributed by atoms with Gasteiger partial charge in [-0.3, -0.25) is 4.21 Å². The van der Waals surface area contributed by atoms with Crippen molar-refractivity contribution < 1.29 is 13.7 Å². The lowest BCUT2D eigenvalue weighted by Crippen LogP contribution is -2.21. The standard InChI is InChI=1S/C19H21NO3S/c1-24(22)18-9-7-16(8-10-18)19(21)23-14-15-11-12-20(13-15)17-5-3-2-4-6-17/h2-10,15H,11-14H2,1H3/t15-,24-/m1/s1. The summed E-state index contributed by atoms with van der Waals surface area (Å²) in [6.07, 6.45) is 2.64. The molecule has 2 aromatic carbocycles. The lowest BCUT2D eigenvalue weighted by atomic mass is 10.1. The molecule has 1 saturated heterocycles. The van der Waals surface area contributed by atoms with E-state index >= 15 is 0 Å². The van der Waals surface area contributed by atoms with Crippen molar-refractivity contribution in [3.05, 3.63) is 60.2 Å². The summed E-state index contributed by atoms with van der Waals surface area (Å²) >= 11 is 0. The summed E-state index contributed by atoms with van der Waals surface area (Å²) in [6.45, 7) is 2.33. The van der Waals surface area contributed by atoms with Crippen LogP contribution in [0.1, 0.15) is 16.8 Å². The molecule has 0 amide bonds. The molecule has 1 fully saturated rings. The van der Waals surface area contributed by atoms with Crippen molar-refractivity contribution in [2.45, 2.75) is 11.3 Å². The minimum Gasteiger partial charge on any atom is -0.462 e. The number of ether oxygens (including phenoxy) is 1. The largest absolute Gasteiger partial charge is 0.462 e. The molecule has 0 spiro atoms. The SMILES string of the molecule is C[S@@](=O)c1ccc(C(=O)OC[C@@H]2CCN(c3ccccc3)C2)cc1. The second-order valence-corrected chi connectivity index (χ2v) is 7.39. The van der Waals surface area contributed by atoms with Crippen LogP contribution in [0.4, 0.5) is 5.69 Å². The van der Waals surface area contributed by atoms with E-state index in [1.165, 1.54) is 5.69 Å². The Morgan fingerprint density at radius 3 is 2.54 bits per heavy atom. The predicted octanol–water partition coefficient (Wildman–Crippen LogP) is 3.11. The van der Waals surface area contributed by atoms with Gasteiger partial charge in [0.2, 0.25) is 0 Å². The minimum atomic E-state index is -1.04. The third-order valence-corrected chi connectivity index (χ3v) is 5.22. The highest BCUT2D eigenvalue weighted by Crippen LogP contribution is 2.23. The van der Waals surface area contributed by atoms with Crippen molar-refractivity contribution in [1.29, 1.82) is 0 Å². The fourth-order valence-electron chi connectivity index (χ4n) is 2.90. The van der Waals surface area contributed by atoms with Crippen LogP contribution in [0.5, 0.6) is 0 Å². The molecule has 0 bridgehead atoms. The number of esters is 1. The van der Waals surface area contributed by atoms with E-state index in [1.54, 1.807) is 30.5 Å². The smallest absolute Gasteiger partial charge is 0.338 e. The Balaban J connectivity index is 1.51. The number of para-hydroxylation sites is 1. The van der Waals surface area contributed by atoms with Gasteiger partial charge >= 0.3 is 5.97 Å². The van der Waals surface area contributed by atoms with Crippen molar-refractivity contribution >= 4 is 22.5 Å². The van der Waals surface area contributed by atoms with E-state index in [4.69, 9.17) is 4.74 Å². The molecule has 0 unspecified atom stereocenters. The Morgan fingerprint density at radius 1 is 1.17 bits per heavy atom. The quantitative estimate of drug-likeness (QED) is 0.783. The third-order valence-electron chi connectivity index (χ3n) is 4.28. The van der Waals surface area contributed by atoms with Crippen molar-refractivity contribution in [3.63, 3.8) is 0 Å². The average molecular weight is 343 g/mol. The fraction of sp³-hybridized carbons (Fsp3) is 0.316. The number of carbonyl (C=O) groups is 1. The predicted molar refractivity (Wildman–Crippen MR) is 95.8 cm³/mol. The number of anilines is 1. The Hall–Kier alpha value is -2.14. The molecule has 0 N–H and O–H groups in total. The first-order valence-electron chi connectivity index (χ1n) is 8.04. The summed E-state index contributed by atoms with van der Waals surface area (Å²) in [4.78, 5) is 15.2. The van der Waals surface area contributed by atoms with E-state index in [0.29, 0.717) is 23.0 Å². The molecular formula is C19H21NO3S. The van der Waals surface area contributed by atoms with E-state index in [9.17, 15) is 9.00 Å². The molecule has 0 saturated carbocycles. The third kappa shape index (κ3) is 4.03. The number of hydrogen-bond acceptors (Lipinski definition) is 4. The van der Waals surface area contributed by atoms with Gasteiger partial charge in [-0.2, -0.15) is 0 Å². The molecule has 4 nitrogen and oxygen atoms in total. The van der Waals surface area contributed by atoms with E-state index in [-0.39, 0.29) is 5.97 Å². The molecule has 1 aliphatic heterocycles. The highest BCUT2D eigenvalue weighted by molar-refractivity contribution is 7.84. The second kappa shape index (κ2) is 7.62. The van der Waals surface area contributed by atoms with Crippen LogP contribution in [0.2, 0.25) is 0 Å². The Bertz CT molecular complexity index is 715. The van der Waals surface area contributed by atoms with Gasteiger partial charge in [-0.25, -0.2) is 4.79 Å². The zero-order valence-electron chi connectivity index (χ0n) is 13.7. The van der Waals surface area contributed by atoms with Crippen LogP contribution >= 0.6 is 0 Å². The first-order chi connectivity index (χ1) is 11.6. The van der Waals surface area contributed by atoms with Crippen LogP contribution in [-0.2, 0) is 15.5 Å². The van der Waals surface area contributed by atoms with Gasteiger partial charge in [-0.1, -0.05) is 18.2 Å². The first-order valence-corrected chi connectivity index (χ1v) is 9.60. The van der Waals surface area contributed by atoms with Crippen LogP contribution in [0, 0.1) is 5.92 Å².